The first-order chi connectivity index (χ1) is 20.2. The number of sulfonamides is 1. The molecule has 43 heavy (non-hydrogen) atoms. The molecule has 1 saturated carbocycles. The van der Waals surface area contributed by atoms with Crippen molar-refractivity contribution in [2.45, 2.75) is 68.5 Å². The molecule has 234 valence electrons. The normalized spacial score (nSPS) is 21.2. The lowest BCUT2D eigenvalue weighted by molar-refractivity contribution is -0.124. The fourth-order valence-electron chi connectivity index (χ4n) is 5.85. The number of Topliss-reactive ketones (excluding diaryl/α,β-unsaturated/α-hetero) is 1. The Labute approximate surface area is 254 Å². The van der Waals surface area contributed by atoms with Crippen molar-refractivity contribution in [1.82, 2.24) is 9.21 Å². The molecule has 0 bridgehead atoms. The van der Waals surface area contributed by atoms with E-state index in [9.17, 15) is 36.3 Å². The summed E-state index contributed by atoms with van der Waals surface area (Å²) in [4.78, 5) is 41.0. The molecule has 1 aliphatic carbocycles. The second-order valence-corrected chi connectivity index (χ2v) is 16.7. The minimum atomic E-state index is -4.80. The average molecular weight is 633 g/mol. The standard InChI is InChI=1S/C31H40N2O8S2/c1-31(2)19-27(35)28(30(37)42(31,38)39)43(40,41)33(20-24-13-9-10-14-24)22-26(34)21-32(18-17-23-11-5-3-6-12-23)29(36)25-15-7-4-8-16-25/h3-8,11-12,15-16,24,26,28,34H,9-10,13-14,17-22H2,1-2H3/t26-,28?/m0/s1. The van der Waals surface area contributed by atoms with Crippen LogP contribution in [0.15, 0.2) is 60.7 Å². The van der Waals surface area contributed by atoms with Crippen molar-refractivity contribution < 1.29 is 36.3 Å². The van der Waals surface area contributed by atoms with Gasteiger partial charge in [0.15, 0.2) is 5.78 Å². The molecule has 1 saturated heterocycles. The maximum absolute atomic E-state index is 13.9. The van der Waals surface area contributed by atoms with Crippen LogP contribution in [0.25, 0.3) is 0 Å². The third kappa shape index (κ3) is 7.42. The Bertz CT molecular complexity index is 1520. The van der Waals surface area contributed by atoms with Crippen LogP contribution >= 0.6 is 0 Å². The number of aliphatic hydroxyl groups excluding tert-OH is 1. The van der Waals surface area contributed by atoms with E-state index in [1.165, 1.54) is 18.7 Å². The molecule has 1 amide bonds. The molecule has 2 aromatic rings. The summed E-state index contributed by atoms with van der Waals surface area (Å²) >= 11 is 0. The van der Waals surface area contributed by atoms with E-state index in [4.69, 9.17) is 0 Å². The van der Waals surface area contributed by atoms with E-state index in [0.717, 1.165) is 35.6 Å². The highest BCUT2D eigenvalue weighted by molar-refractivity contribution is 8.09. The second-order valence-electron chi connectivity index (χ2n) is 12.1. The van der Waals surface area contributed by atoms with E-state index in [1.807, 2.05) is 30.3 Å². The molecule has 1 N–H and O–H groups in total. The molecule has 0 spiro atoms. The monoisotopic (exact) mass is 632 g/mol. The number of ketones is 1. The summed E-state index contributed by atoms with van der Waals surface area (Å²) < 4.78 is 52.8. The van der Waals surface area contributed by atoms with Gasteiger partial charge >= 0.3 is 0 Å². The van der Waals surface area contributed by atoms with Crippen LogP contribution in [0.5, 0.6) is 0 Å². The number of sulfone groups is 1. The van der Waals surface area contributed by atoms with E-state index in [2.05, 4.69) is 0 Å². The van der Waals surface area contributed by atoms with Gasteiger partial charge in [0.05, 0.1) is 10.9 Å². The zero-order valence-electron chi connectivity index (χ0n) is 24.6. The van der Waals surface area contributed by atoms with Crippen LogP contribution < -0.4 is 0 Å². The summed E-state index contributed by atoms with van der Waals surface area (Å²) in [7, 11) is -9.37. The van der Waals surface area contributed by atoms with Gasteiger partial charge in [-0.2, -0.15) is 4.31 Å². The van der Waals surface area contributed by atoms with E-state index in [1.54, 1.807) is 30.3 Å². The Morgan fingerprint density at radius 1 is 0.977 bits per heavy atom. The quantitative estimate of drug-likeness (QED) is 0.352. The van der Waals surface area contributed by atoms with Crippen molar-refractivity contribution in [3.05, 3.63) is 71.8 Å². The van der Waals surface area contributed by atoms with Gasteiger partial charge in [0.2, 0.25) is 25.1 Å². The Balaban J connectivity index is 1.59. The van der Waals surface area contributed by atoms with E-state index in [0.29, 0.717) is 12.0 Å². The molecular formula is C31H40N2O8S2. The van der Waals surface area contributed by atoms with Gasteiger partial charge in [-0.3, -0.25) is 14.4 Å². The van der Waals surface area contributed by atoms with E-state index in [-0.39, 0.29) is 31.5 Å². The Morgan fingerprint density at radius 2 is 1.56 bits per heavy atom. The number of rotatable bonds is 12. The summed E-state index contributed by atoms with van der Waals surface area (Å²) in [6.07, 6.45) is 1.76. The van der Waals surface area contributed by atoms with Gasteiger partial charge in [-0.1, -0.05) is 61.4 Å². The predicted octanol–water partition coefficient (Wildman–Crippen LogP) is 2.62. The molecule has 2 aromatic carbocycles. The lowest BCUT2D eigenvalue weighted by Gasteiger charge is -2.35. The molecule has 1 unspecified atom stereocenters. The molecule has 2 atom stereocenters. The molecular weight excluding hydrogens is 592 g/mol. The molecule has 1 aliphatic heterocycles. The lowest BCUT2D eigenvalue weighted by Crippen LogP contribution is -2.59. The fourth-order valence-corrected chi connectivity index (χ4v) is 9.64. The van der Waals surface area contributed by atoms with Crippen molar-refractivity contribution >= 4 is 36.7 Å². The Hall–Kier alpha value is -2.93. The van der Waals surface area contributed by atoms with Gasteiger partial charge < -0.3 is 10.0 Å². The molecule has 2 aliphatic rings. The summed E-state index contributed by atoms with van der Waals surface area (Å²) in [5, 5.41) is 7.25. The van der Waals surface area contributed by atoms with Gasteiger partial charge in [-0.15, -0.1) is 0 Å². The molecule has 4 rings (SSSR count). The highest BCUT2D eigenvalue weighted by Crippen LogP contribution is 2.34. The number of nitrogens with zero attached hydrogens (tertiary/aromatic N) is 2. The number of carbonyl (C=O) groups is 3. The third-order valence-corrected chi connectivity index (χ3v) is 13.0. The van der Waals surface area contributed by atoms with Crippen LogP contribution in [0.3, 0.4) is 0 Å². The minimum absolute atomic E-state index is 0.0590. The summed E-state index contributed by atoms with van der Waals surface area (Å²) in [5.74, 6) is -1.38. The fraction of sp³-hybridized carbons (Fsp3) is 0.516. The number of hydrogen-bond acceptors (Lipinski definition) is 8. The molecule has 12 heteroatoms. The summed E-state index contributed by atoms with van der Waals surface area (Å²) in [5.41, 5.74) is 1.39. The average Bonchev–Trinajstić information content (AvgIpc) is 3.47. The predicted molar refractivity (Wildman–Crippen MR) is 162 cm³/mol. The van der Waals surface area contributed by atoms with Crippen molar-refractivity contribution in [2.75, 3.05) is 26.2 Å². The smallest absolute Gasteiger partial charge is 0.273 e. The maximum atomic E-state index is 13.9. The zero-order chi connectivity index (χ0) is 31.4. The third-order valence-electron chi connectivity index (χ3n) is 8.36. The molecule has 10 nitrogen and oxygen atoms in total. The number of aliphatic hydroxyl groups is 1. The first kappa shape index (κ1) is 33.0. The maximum Gasteiger partial charge on any atom is 0.273 e. The highest BCUT2D eigenvalue weighted by atomic mass is 32.2. The van der Waals surface area contributed by atoms with Crippen LogP contribution in [0.1, 0.15) is 61.9 Å². The Kier molecular flexibility index (Phi) is 10.3. The zero-order valence-corrected chi connectivity index (χ0v) is 26.2. The first-order valence-corrected chi connectivity index (χ1v) is 17.6. The number of hydrogen-bond donors (Lipinski definition) is 1. The van der Waals surface area contributed by atoms with Gasteiger partial charge in [0.1, 0.15) is 0 Å². The largest absolute Gasteiger partial charge is 0.390 e. The highest BCUT2D eigenvalue weighted by Gasteiger charge is 2.58. The van der Waals surface area contributed by atoms with Gasteiger partial charge in [-0.05, 0) is 56.7 Å². The van der Waals surface area contributed by atoms with Gasteiger partial charge in [0, 0.05) is 38.2 Å². The molecule has 2 fully saturated rings. The first-order valence-electron chi connectivity index (χ1n) is 14.6. The molecule has 0 radical (unpaired) electrons. The van der Waals surface area contributed by atoms with Gasteiger partial charge in [0.25, 0.3) is 11.0 Å². The van der Waals surface area contributed by atoms with Gasteiger partial charge in [-0.25, -0.2) is 16.8 Å². The number of benzene rings is 2. The van der Waals surface area contributed by atoms with Crippen LogP contribution in [0.2, 0.25) is 0 Å². The summed E-state index contributed by atoms with van der Waals surface area (Å²) in [6.45, 7) is 1.94. The van der Waals surface area contributed by atoms with Crippen molar-refractivity contribution in [2.24, 2.45) is 5.92 Å². The number of amides is 1. The van der Waals surface area contributed by atoms with Crippen molar-refractivity contribution in [3.63, 3.8) is 0 Å². The lowest BCUT2D eigenvalue weighted by atomic mass is 10.0. The summed E-state index contributed by atoms with van der Waals surface area (Å²) in [6, 6.07) is 18.0. The SMILES string of the molecule is CC1(C)CC(=O)C(S(=O)(=O)N(CC2CCCC2)C[C@@H](O)CN(CCc2ccccc2)C(=O)c2ccccc2)C(=O)S1(=O)=O. The van der Waals surface area contributed by atoms with Crippen LogP contribution in [-0.2, 0) is 35.9 Å². The van der Waals surface area contributed by atoms with Crippen LogP contribution in [0.4, 0.5) is 0 Å². The van der Waals surface area contributed by atoms with E-state index >= 15 is 0 Å². The van der Waals surface area contributed by atoms with Crippen LogP contribution in [0, 0.1) is 5.92 Å². The van der Waals surface area contributed by atoms with Crippen LogP contribution in [-0.4, -0.2) is 90.2 Å². The topological polar surface area (TPSA) is 146 Å². The van der Waals surface area contributed by atoms with Crippen molar-refractivity contribution in [1.29, 1.82) is 0 Å². The second kappa shape index (κ2) is 13.4. The molecule has 1 heterocycles. The number of carbonyl (C=O) groups excluding carboxylic acids is 3. The van der Waals surface area contributed by atoms with E-state index < -0.39 is 59.8 Å². The molecule has 0 aromatic heterocycles. The Morgan fingerprint density at radius 3 is 2.16 bits per heavy atom. The minimum Gasteiger partial charge on any atom is -0.390 e. The van der Waals surface area contributed by atoms with Crippen molar-refractivity contribution in [3.8, 4) is 0 Å².